The van der Waals surface area contributed by atoms with Crippen LogP contribution in [0.2, 0.25) is 0 Å². The molecule has 2 N–H and O–H groups in total. The molecule has 9 heteroatoms. The number of unbranched alkanes of at least 4 members (excludes halogenated alkanes) is 4. The minimum absolute atomic E-state index is 0.122. The molecule has 1 aliphatic heterocycles. The van der Waals surface area contributed by atoms with E-state index in [2.05, 4.69) is 32.4 Å². The first-order valence-corrected chi connectivity index (χ1v) is 12.4. The highest BCUT2D eigenvalue weighted by molar-refractivity contribution is 7.84. The zero-order chi connectivity index (χ0) is 22.6. The predicted molar refractivity (Wildman–Crippen MR) is 115 cm³/mol. The molecule has 1 unspecified atom stereocenters. The molecule has 0 aromatic carbocycles. The molecule has 0 aromatic heterocycles. The van der Waals surface area contributed by atoms with Crippen LogP contribution in [0.15, 0.2) is 0 Å². The Kier molecular flexibility index (Phi) is 13.2. The molecule has 8 nitrogen and oxygen atoms in total. The van der Waals surface area contributed by atoms with Crippen LogP contribution in [0.4, 0.5) is 0 Å². The molecule has 1 aliphatic rings. The number of β-lactam (4-membered cyclic amide) rings is 1. The third kappa shape index (κ3) is 9.29. The number of amides is 1. The number of hydrogen-bond donors (Lipinski definition) is 1. The summed E-state index contributed by atoms with van der Waals surface area (Å²) in [5, 5.41) is 0. The number of hydrogen-bond acceptors (Lipinski definition) is 6. The Hall–Kier alpha value is -0.740. The van der Waals surface area contributed by atoms with Gasteiger partial charge in [0, 0.05) is 7.11 Å². The fraction of sp³-hybridized carbons (Fsp3) is 0.950. The monoisotopic (exact) mass is 437 g/mol. The average molecular weight is 438 g/mol. The lowest BCUT2D eigenvalue weighted by Gasteiger charge is -2.44. The number of nitrogens with two attached hydrogens (primary N) is 1. The van der Waals surface area contributed by atoms with Crippen LogP contribution >= 0.6 is 0 Å². The van der Waals surface area contributed by atoms with E-state index in [9.17, 15) is 17.8 Å². The van der Waals surface area contributed by atoms with Gasteiger partial charge in [0.05, 0.1) is 32.7 Å². The van der Waals surface area contributed by atoms with Crippen LogP contribution in [0.25, 0.3) is 0 Å². The van der Waals surface area contributed by atoms with Gasteiger partial charge in [-0.15, -0.1) is 0 Å². The van der Waals surface area contributed by atoms with E-state index in [1.54, 1.807) is 0 Å². The molecule has 0 saturated carbocycles. The van der Waals surface area contributed by atoms with Crippen LogP contribution in [0.1, 0.15) is 79.1 Å². The van der Waals surface area contributed by atoms with Crippen molar-refractivity contribution in [1.29, 1.82) is 0 Å². The first-order valence-electron chi connectivity index (χ1n) is 11.0. The Morgan fingerprint density at radius 3 is 1.52 bits per heavy atom. The lowest BCUT2D eigenvalue weighted by atomic mass is 10.1. The minimum atomic E-state index is -4.72. The van der Waals surface area contributed by atoms with Gasteiger partial charge in [0.2, 0.25) is 5.72 Å². The van der Waals surface area contributed by atoms with Crippen molar-refractivity contribution in [2.45, 2.75) is 84.8 Å². The van der Waals surface area contributed by atoms with Crippen LogP contribution in [-0.2, 0) is 19.8 Å². The van der Waals surface area contributed by atoms with Gasteiger partial charge >= 0.3 is 0 Å². The number of carbonyl (C=O) groups is 1. The molecule has 0 aromatic rings. The fourth-order valence-electron chi connectivity index (χ4n) is 3.45. The first kappa shape index (κ1) is 28.3. The van der Waals surface area contributed by atoms with Crippen molar-refractivity contribution in [2.75, 3.05) is 39.8 Å². The van der Waals surface area contributed by atoms with Crippen LogP contribution in [-0.4, -0.2) is 73.2 Å². The number of nitrogens with zero attached hydrogens (tertiary/aromatic N) is 2. The molecule has 1 atom stereocenters. The van der Waals surface area contributed by atoms with Gasteiger partial charge in [0.15, 0.2) is 10.3 Å². The Labute approximate surface area is 178 Å². The quantitative estimate of drug-likeness (QED) is 0.193. The first-order chi connectivity index (χ1) is 13.6. The molecule has 0 aliphatic carbocycles. The van der Waals surface area contributed by atoms with Crippen LogP contribution in [0, 0.1) is 0 Å². The van der Waals surface area contributed by atoms with Crippen molar-refractivity contribution >= 4 is 16.2 Å². The molecule has 0 spiro atoms. The van der Waals surface area contributed by atoms with Crippen LogP contribution in [0.3, 0.4) is 0 Å². The van der Waals surface area contributed by atoms with Crippen LogP contribution in [0.5, 0.6) is 0 Å². The lowest BCUT2D eigenvalue weighted by Crippen LogP contribution is -2.73. The molecule has 1 heterocycles. The average Bonchev–Trinajstić information content (AvgIpc) is 2.70. The van der Waals surface area contributed by atoms with E-state index in [4.69, 9.17) is 5.73 Å². The van der Waals surface area contributed by atoms with Gasteiger partial charge in [-0.2, -0.15) is 0 Å². The summed E-state index contributed by atoms with van der Waals surface area (Å²) < 4.78 is 36.8. The van der Waals surface area contributed by atoms with E-state index in [-0.39, 0.29) is 4.31 Å². The van der Waals surface area contributed by atoms with Crippen molar-refractivity contribution in [2.24, 2.45) is 5.73 Å². The van der Waals surface area contributed by atoms with Gasteiger partial charge in [-0.25, -0.2) is 12.7 Å². The Balaban J connectivity index is 0.000000571. The van der Waals surface area contributed by atoms with E-state index in [0.717, 1.165) is 7.11 Å². The second-order valence-electron chi connectivity index (χ2n) is 8.01. The summed E-state index contributed by atoms with van der Waals surface area (Å²) in [6, 6.07) is 0. The number of carbonyl (C=O) groups excluding carboxylic acids is 1. The molecule has 1 saturated heterocycles. The number of rotatable bonds is 14. The molecule has 1 amide bonds. The Morgan fingerprint density at radius 1 is 0.966 bits per heavy atom. The van der Waals surface area contributed by atoms with E-state index in [0.29, 0.717) is 0 Å². The fourth-order valence-corrected chi connectivity index (χ4v) is 4.16. The Bertz CT molecular complexity index is 533. The van der Waals surface area contributed by atoms with Gasteiger partial charge < -0.3 is 13.8 Å². The largest absolute Gasteiger partial charge is 0.731 e. The zero-order valence-electron chi connectivity index (χ0n) is 19.1. The summed E-state index contributed by atoms with van der Waals surface area (Å²) in [7, 11) is -3.56. The lowest BCUT2D eigenvalue weighted by molar-refractivity contribution is -0.929. The molecule has 0 radical (unpaired) electrons. The molecule has 0 bridgehead atoms. The summed E-state index contributed by atoms with van der Waals surface area (Å²) in [6.07, 6.45) is 11.1. The van der Waals surface area contributed by atoms with Crippen molar-refractivity contribution in [3.63, 3.8) is 0 Å². The maximum Gasteiger partial charge on any atom is 0.284 e. The standard InChI is InChI=1S/C16H36N.C4H8N2O5S/c1-5-9-13-17(14-10-6-2,15-11-7-3)16-12-8-4;1-11-4(5)2-6(3(4)7)12(8,9)10/h5-16H2,1-4H3;2,5H2,1H3,(H,8,9,10)/q+1;/p-1. The second kappa shape index (κ2) is 13.5. The molecule has 174 valence electrons. The van der Waals surface area contributed by atoms with Gasteiger partial charge in [0.1, 0.15) is 0 Å². The molecule has 29 heavy (non-hydrogen) atoms. The third-order valence-corrected chi connectivity index (χ3v) is 6.38. The van der Waals surface area contributed by atoms with Gasteiger partial charge in [-0.05, 0) is 25.7 Å². The third-order valence-electron chi connectivity index (χ3n) is 5.55. The van der Waals surface area contributed by atoms with E-state index in [1.165, 1.54) is 82.0 Å². The SMILES string of the molecule is CCCC[N+](CCCC)(CCCC)CCCC.COC1(N)CN(S(=O)(=O)[O-])C1=O. The van der Waals surface area contributed by atoms with Crippen molar-refractivity contribution < 1.29 is 27.0 Å². The number of methoxy groups -OCH3 is 1. The summed E-state index contributed by atoms with van der Waals surface area (Å²) in [6.45, 7) is 14.6. The van der Waals surface area contributed by atoms with E-state index >= 15 is 0 Å². The highest BCUT2D eigenvalue weighted by atomic mass is 32.2. The Morgan fingerprint density at radius 2 is 1.31 bits per heavy atom. The number of quaternary nitrogens is 1. The molecular formula is C20H43N3O5S. The minimum Gasteiger partial charge on any atom is -0.731 e. The predicted octanol–water partition coefficient (Wildman–Crippen LogP) is 2.59. The van der Waals surface area contributed by atoms with Crippen molar-refractivity contribution in [3.8, 4) is 0 Å². The molecule has 1 rings (SSSR count). The van der Waals surface area contributed by atoms with E-state index < -0.39 is 28.5 Å². The zero-order valence-corrected chi connectivity index (χ0v) is 19.9. The van der Waals surface area contributed by atoms with Crippen molar-refractivity contribution in [1.82, 2.24) is 4.31 Å². The summed E-state index contributed by atoms with van der Waals surface area (Å²) in [4.78, 5) is 10.9. The summed E-state index contributed by atoms with van der Waals surface area (Å²) in [5.74, 6) is -1.03. The number of ether oxygens (including phenoxy) is 1. The highest BCUT2D eigenvalue weighted by Gasteiger charge is 2.52. The highest BCUT2D eigenvalue weighted by Crippen LogP contribution is 2.23. The van der Waals surface area contributed by atoms with Crippen molar-refractivity contribution in [3.05, 3.63) is 0 Å². The van der Waals surface area contributed by atoms with E-state index in [1.807, 2.05) is 0 Å². The maximum absolute atomic E-state index is 10.9. The van der Waals surface area contributed by atoms with Crippen LogP contribution < -0.4 is 5.73 Å². The maximum atomic E-state index is 10.9. The smallest absolute Gasteiger partial charge is 0.284 e. The normalized spacial score (nSPS) is 19.6. The van der Waals surface area contributed by atoms with Gasteiger partial charge in [-0.1, -0.05) is 53.4 Å². The molecule has 1 fully saturated rings. The van der Waals surface area contributed by atoms with Gasteiger partial charge in [-0.3, -0.25) is 10.5 Å². The summed E-state index contributed by atoms with van der Waals surface area (Å²) >= 11 is 0. The van der Waals surface area contributed by atoms with Gasteiger partial charge in [0.25, 0.3) is 5.91 Å². The second-order valence-corrected chi connectivity index (χ2v) is 9.31. The molecular weight excluding hydrogens is 394 g/mol. The topological polar surface area (TPSA) is 113 Å². The summed E-state index contributed by atoms with van der Waals surface area (Å²) in [5.41, 5.74) is 3.57.